The second-order valence-corrected chi connectivity index (χ2v) is 5.46. The molecule has 0 bridgehead atoms. The summed E-state index contributed by atoms with van der Waals surface area (Å²) in [6, 6.07) is 0. The third-order valence-corrected chi connectivity index (χ3v) is 3.59. The van der Waals surface area contributed by atoms with Crippen LogP contribution in [0.1, 0.15) is 26.7 Å². The van der Waals surface area contributed by atoms with Crippen LogP contribution in [0, 0.1) is 5.92 Å². The Morgan fingerprint density at radius 2 is 2.15 bits per heavy atom. The number of rotatable bonds is 6. The molecule has 114 valence electrons. The third kappa shape index (κ3) is 4.96. The molecule has 0 aliphatic carbocycles. The maximum Gasteiger partial charge on any atom is 0.309 e. The van der Waals surface area contributed by atoms with Gasteiger partial charge in [-0.3, -0.25) is 14.5 Å². The monoisotopic (exact) mass is 282 g/mol. The van der Waals surface area contributed by atoms with Crippen LogP contribution in [0.2, 0.25) is 0 Å². The van der Waals surface area contributed by atoms with Gasteiger partial charge in [-0.1, -0.05) is 12.2 Å². The van der Waals surface area contributed by atoms with Crippen LogP contribution in [0.3, 0.4) is 0 Å². The van der Waals surface area contributed by atoms with Crippen LogP contribution in [-0.2, 0) is 14.3 Å². The minimum Gasteiger partial charge on any atom is -0.469 e. The molecule has 0 saturated carbocycles. The topological polar surface area (TPSA) is 49.9 Å². The second-order valence-electron chi connectivity index (χ2n) is 5.46. The highest BCUT2D eigenvalue weighted by Gasteiger charge is 2.28. The van der Waals surface area contributed by atoms with Gasteiger partial charge in [0, 0.05) is 19.6 Å². The first-order valence-corrected chi connectivity index (χ1v) is 7.20. The Balaban J connectivity index is 2.52. The summed E-state index contributed by atoms with van der Waals surface area (Å²) < 4.78 is 4.79. The molecule has 1 heterocycles. The zero-order valence-corrected chi connectivity index (χ0v) is 12.9. The summed E-state index contributed by atoms with van der Waals surface area (Å²) in [4.78, 5) is 27.7. The number of likely N-dealkylation sites (tertiary alicyclic amines) is 1. The van der Waals surface area contributed by atoms with Crippen molar-refractivity contribution in [2.24, 2.45) is 5.92 Å². The van der Waals surface area contributed by atoms with Gasteiger partial charge in [0.25, 0.3) is 0 Å². The molecule has 0 radical (unpaired) electrons. The van der Waals surface area contributed by atoms with Crippen LogP contribution >= 0.6 is 0 Å². The highest BCUT2D eigenvalue weighted by atomic mass is 16.5. The second kappa shape index (κ2) is 8.04. The van der Waals surface area contributed by atoms with Crippen molar-refractivity contribution in [3.05, 3.63) is 12.2 Å². The molecule has 0 unspecified atom stereocenters. The smallest absolute Gasteiger partial charge is 0.309 e. The van der Waals surface area contributed by atoms with E-state index < -0.39 is 0 Å². The van der Waals surface area contributed by atoms with Crippen molar-refractivity contribution in [3.8, 4) is 0 Å². The van der Waals surface area contributed by atoms with E-state index in [2.05, 4.69) is 11.5 Å². The van der Waals surface area contributed by atoms with E-state index >= 15 is 0 Å². The van der Waals surface area contributed by atoms with Crippen LogP contribution in [0.5, 0.6) is 0 Å². The summed E-state index contributed by atoms with van der Waals surface area (Å²) in [7, 11) is 1.41. The quantitative estimate of drug-likeness (QED) is 0.544. The van der Waals surface area contributed by atoms with Gasteiger partial charge in [0.05, 0.1) is 19.6 Å². The summed E-state index contributed by atoms with van der Waals surface area (Å²) in [6.07, 6.45) is 1.78. The van der Waals surface area contributed by atoms with Crippen LogP contribution in [0.4, 0.5) is 0 Å². The van der Waals surface area contributed by atoms with E-state index in [1.54, 1.807) is 4.90 Å². The molecule has 1 amide bonds. The van der Waals surface area contributed by atoms with Gasteiger partial charge >= 0.3 is 5.97 Å². The van der Waals surface area contributed by atoms with E-state index in [0.717, 1.165) is 25.0 Å². The van der Waals surface area contributed by atoms with E-state index in [1.807, 2.05) is 13.8 Å². The van der Waals surface area contributed by atoms with Crippen molar-refractivity contribution >= 4 is 11.9 Å². The summed E-state index contributed by atoms with van der Waals surface area (Å²) in [5.41, 5.74) is 0.978. The number of carbonyl (C=O) groups excluding carboxylic acids is 2. The predicted molar refractivity (Wildman–Crippen MR) is 78.2 cm³/mol. The molecule has 0 N–H and O–H groups in total. The first-order chi connectivity index (χ1) is 9.47. The first-order valence-electron chi connectivity index (χ1n) is 7.20. The van der Waals surface area contributed by atoms with Gasteiger partial charge in [0.2, 0.25) is 5.91 Å². The standard InChI is InChI=1S/C15H26N2O3/c1-5-17(9-12(2)3)14(18)11-16-8-6-7-13(10-16)15(19)20-4/h13H,2,5-11H2,1,3-4H3/t13-/m0/s1. The molecule has 1 aliphatic rings. The van der Waals surface area contributed by atoms with Gasteiger partial charge in [-0.25, -0.2) is 0 Å². The van der Waals surface area contributed by atoms with E-state index in [4.69, 9.17) is 4.74 Å². The van der Waals surface area contributed by atoms with E-state index in [0.29, 0.717) is 26.2 Å². The molecule has 0 aromatic heterocycles. The van der Waals surface area contributed by atoms with Crippen molar-refractivity contribution in [3.63, 3.8) is 0 Å². The highest BCUT2D eigenvalue weighted by molar-refractivity contribution is 5.78. The van der Waals surface area contributed by atoms with Gasteiger partial charge in [-0.2, -0.15) is 0 Å². The fourth-order valence-electron chi connectivity index (χ4n) is 2.55. The molecule has 5 nitrogen and oxygen atoms in total. The zero-order valence-electron chi connectivity index (χ0n) is 12.9. The lowest BCUT2D eigenvalue weighted by Crippen LogP contribution is -2.46. The number of hydrogen-bond acceptors (Lipinski definition) is 4. The van der Waals surface area contributed by atoms with Crippen LogP contribution in [0.25, 0.3) is 0 Å². The molecule has 0 spiro atoms. The number of hydrogen-bond donors (Lipinski definition) is 0. The van der Waals surface area contributed by atoms with Crippen molar-refractivity contribution < 1.29 is 14.3 Å². The largest absolute Gasteiger partial charge is 0.469 e. The molecule has 0 aromatic carbocycles. The van der Waals surface area contributed by atoms with Crippen molar-refractivity contribution in [2.75, 3.05) is 39.8 Å². The number of methoxy groups -OCH3 is 1. The van der Waals surface area contributed by atoms with Crippen LogP contribution in [-0.4, -0.2) is 61.5 Å². The molecule has 5 heteroatoms. The number of esters is 1. The Labute approximate surface area is 121 Å². The molecular formula is C15H26N2O3. The molecule has 1 aliphatic heterocycles. The SMILES string of the molecule is C=C(C)CN(CC)C(=O)CN1CCC[C@H](C(=O)OC)C1. The Bertz CT molecular complexity index is 368. The number of carbonyl (C=O) groups is 2. The molecule has 0 aromatic rings. The molecule has 1 rings (SSSR count). The summed E-state index contributed by atoms with van der Waals surface area (Å²) >= 11 is 0. The molecule has 20 heavy (non-hydrogen) atoms. The predicted octanol–water partition coefficient (Wildman–Crippen LogP) is 1.30. The average molecular weight is 282 g/mol. The van der Waals surface area contributed by atoms with Gasteiger partial charge in [0.1, 0.15) is 0 Å². The normalized spacial score (nSPS) is 19.4. The fourth-order valence-corrected chi connectivity index (χ4v) is 2.55. The lowest BCUT2D eigenvalue weighted by Gasteiger charge is -2.32. The Morgan fingerprint density at radius 3 is 2.70 bits per heavy atom. The summed E-state index contributed by atoms with van der Waals surface area (Å²) in [5, 5.41) is 0. The molecule has 1 fully saturated rings. The molecular weight excluding hydrogens is 256 g/mol. The van der Waals surface area contributed by atoms with Gasteiger partial charge in [-0.05, 0) is 33.2 Å². The number of ether oxygens (including phenoxy) is 1. The maximum absolute atomic E-state index is 12.3. The average Bonchev–Trinajstić information content (AvgIpc) is 2.43. The number of piperidine rings is 1. The minimum atomic E-state index is -0.170. The van der Waals surface area contributed by atoms with Crippen molar-refractivity contribution in [1.82, 2.24) is 9.80 Å². The summed E-state index contributed by atoms with van der Waals surface area (Å²) in [6.45, 7) is 10.9. The Hall–Kier alpha value is -1.36. The van der Waals surface area contributed by atoms with Crippen LogP contribution in [0.15, 0.2) is 12.2 Å². The van der Waals surface area contributed by atoms with E-state index in [9.17, 15) is 9.59 Å². The number of nitrogens with zero attached hydrogens (tertiary/aromatic N) is 2. The number of amides is 1. The van der Waals surface area contributed by atoms with Crippen LogP contribution < -0.4 is 0 Å². The fraction of sp³-hybridized carbons (Fsp3) is 0.733. The molecule has 1 saturated heterocycles. The highest BCUT2D eigenvalue weighted by Crippen LogP contribution is 2.17. The lowest BCUT2D eigenvalue weighted by molar-refractivity contribution is -0.148. The zero-order chi connectivity index (χ0) is 15.1. The maximum atomic E-state index is 12.3. The lowest BCUT2D eigenvalue weighted by atomic mass is 9.98. The Kier molecular flexibility index (Phi) is 6.71. The molecule has 1 atom stereocenters. The van der Waals surface area contributed by atoms with Gasteiger partial charge < -0.3 is 9.64 Å². The Morgan fingerprint density at radius 1 is 1.45 bits per heavy atom. The van der Waals surface area contributed by atoms with Crippen molar-refractivity contribution in [1.29, 1.82) is 0 Å². The van der Waals surface area contributed by atoms with Gasteiger partial charge in [0.15, 0.2) is 0 Å². The van der Waals surface area contributed by atoms with E-state index in [1.165, 1.54) is 7.11 Å². The summed E-state index contributed by atoms with van der Waals surface area (Å²) in [5.74, 6) is -0.171. The number of likely N-dealkylation sites (N-methyl/N-ethyl adjacent to an activating group) is 1. The first kappa shape index (κ1) is 16.7. The minimum absolute atomic E-state index is 0.0982. The van der Waals surface area contributed by atoms with Crippen molar-refractivity contribution in [2.45, 2.75) is 26.7 Å². The third-order valence-electron chi connectivity index (χ3n) is 3.59. The van der Waals surface area contributed by atoms with E-state index in [-0.39, 0.29) is 17.8 Å². The van der Waals surface area contributed by atoms with Gasteiger partial charge in [-0.15, -0.1) is 0 Å².